The molecule has 30 heavy (non-hydrogen) atoms. The maximum atomic E-state index is 13.4. The minimum Gasteiger partial charge on any atom is -0.495 e. The summed E-state index contributed by atoms with van der Waals surface area (Å²) in [5.41, 5.74) is 1.83. The number of aromatic nitrogens is 2. The van der Waals surface area contributed by atoms with Crippen molar-refractivity contribution in [2.45, 2.75) is 6.18 Å². The van der Waals surface area contributed by atoms with Gasteiger partial charge in [-0.15, -0.1) is 0 Å². The Labute approximate surface area is 176 Å². The van der Waals surface area contributed by atoms with Crippen molar-refractivity contribution in [3.8, 4) is 34.0 Å². The molecule has 3 nitrogen and oxygen atoms in total. The van der Waals surface area contributed by atoms with Crippen molar-refractivity contribution in [2.24, 2.45) is 0 Å². The topological polar surface area (TPSA) is 27.1 Å². The molecule has 0 spiro atoms. The number of rotatable bonds is 4. The predicted molar refractivity (Wildman–Crippen MR) is 111 cm³/mol. The van der Waals surface area contributed by atoms with E-state index in [1.165, 1.54) is 18.3 Å². The molecule has 0 unspecified atom stereocenters. The van der Waals surface area contributed by atoms with E-state index in [2.05, 4.69) is 4.98 Å². The smallest absolute Gasteiger partial charge is 0.417 e. The third-order valence-corrected chi connectivity index (χ3v) is 5.04. The number of hydrogen-bond acceptors (Lipinski definition) is 2. The van der Waals surface area contributed by atoms with E-state index in [0.29, 0.717) is 16.5 Å². The number of ether oxygens (including phenoxy) is 1. The zero-order valence-electron chi connectivity index (χ0n) is 15.8. The summed E-state index contributed by atoms with van der Waals surface area (Å²) in [6.07, 6.45) is -1.34. The van der Waals surface area contributed by atoms with Crippen molar-refractivity contribution in [2.75, 3.05) is 7.11 Å². The Morgan fingerprint density at radius 1 is 0.933 bits per heavy atom. The van der Waals surface area contributed by atoms with Crippen LogP contribution in [0.5, 0.6) is 5.75 Å². The third kappa shape index (κ3) is 3.78. The van der Waals surface area contributed by atoms with E-state index in [4.69, 9.17) is 16.3 Å². The lowest BCUT2D eigenvalue weighted by Crippen LogP contribution is -2.08. The molecule has 0 bridgehead atoms. The average Bonchev–Trinajstić information content (AvgIpc) is 3.23. The van der Waals surface area contributed by atoms with E-state index in [0.717, 1.165) is 17.2 Å². The van der Waals surface area contributed by atoms with E-state index in [1.54, 1.807) is 36.1 Å². The van der Waals surface area contributed by atoms with Crippen molar-refractivity contribution < 1.29 is 17.9 Å². The number of alkyl halides is 3. The van der Waals surface area contributed by atoms with Gasteiger partial charge in [0.2, 0.25) is 0 Å². The summed E-state index contributed by atoms with van der Waals surface area (Å²) >= 11 is 6.20. The van der Waals surface area contributed by atoms with Gasteiger partial charge in [-0.25, -0.2) is 4.98 Å². The quantitative estimate of drug-likeness (QED) is 0.354. The molecule has 1 aromatic heterocycles. The first-order valence-electron chi connectivity index (χ1n) is 9.03. The molecule has 0 amide bonds. The van der Waals surface area contributed by atoms with Gasteiger partial charge in [0.1, 0.15) is 11.6 Å². The van der Waals surface area contributed by atoms with Gasteiger partial charge in [0.05, 0.1) is 17.7 Å². The van der Waals surface area contributed by atoms with Crippen LogP contribution in [0, 0.1) is 0 Å². The fourth-order valence-electron chi connectivity index (χ4n) is 3.30. The summed E-state index contributed by atoms with van der Waals surface area (Å²) in [6, 6.07) is 18.3. The second-order valence-electron chi connectivity index (χ2n) is 6.56. The molecule has 0 fully saturated rings. The highest BCUT2D eigenvalue weighted by Gasteiger charge is 2.34. The summed E-state index contributed by atoms with van der Waals surface area (Å²) in [5, 5.41) is 0.500. The zero-order valence-corrected chi connectivity index (χ0v) is 16.6. The molecule has 0 aliphatic rings. The van der Waals surface area contributed by atoms with Gasteiger partial charge in [-0.1, -0.05) is 48.0 Å². The van der Waals surface area contributed by atoms with Gasteiger partial charge in [-0.05, 0) is 41.5 Å². The summed E-state index contributed by atoms with van der Waals surface area (Å²) in [5.74, 6) is 0.812. The number of nitrogens with zero attached hydrogens (tertiary/aromatic N) is 2. The van der Waals surface area contributed by atoms with Crippen molar-refractivity contribution in [3.05, 3.63) is 89.7 Å². The lowest BCUT2D eigenvalue weighted by molar-refractivity contribution is -0.137. The molecule has 0 aliphatic heterocycles. The van der Waals surface area contributed by atoms with Gasteiger partial charge in [-0.3, -0.25) is 4.57 Å². The summed E-state index contributed by atoms with van der Waals surface area (Å²) in [4.78, 5) is 4.18. The molecule has 4 aromatic rings. The molecule has 0 atom stereocenters. The molecule has 0 radical (unpaired) electrons. The molecule has 0 N–H and O–H groups in total. The Morgan fingerprint density at radius 2 is 1.63 bits per heavy atom. The number of methoxy groups -OCH3 is 1. The van der Waals surface area contributed by atoms with E-state index in [1.807, 2.05) is 30.3 Å². The van der Waals surface area contributed by atoms with Gasteiger partial charge in [0, 0.05) is 23.6 Å². The van der Waals surface area contributed by atoms with Gasteiger partial charge >= 0.3 is 6.18 Å². The SMILES string of the molecule is COc1ccc(-c2ccc(-n3ccnc3-c3ccccc3C(F)(F)F)cc2)cc1Cl. The predicted octanol–water partition coefficient (Wildman–Crippen LogP) is 6.89. The van der Waals surface area contributed by atoms with Crippen molar-refractivity contribution in [1.82, 2.24) is 9.55 Å². The Bertz CT molecular complexity index is 1180. The molecule has 3 aromatic carbocycles. The molecule has 1 heterocycles. The fraction of sp³-hybridized carbons (Fsp3) is 0.0870. The van der Waals surface area contributed by atoms with Crippen LogP contribution in [-0.2, 0) is 6.18 Å². The maximum Gasteiger partial charge on any atom is 0.417 e. The van der Waals surface area contributed by atoms with Crippen LogP contribution in [0.3, 0.4) is 0 Å². The van der Waals surface area contributed by atoms with Crippen LogP contribution in [0.15, 0.2) is 79.1 Å². The first-order valence-corrected chi connectivity index (χ1v) is 9.40. The third-order valence-electron chi connectivity index (χ3n) is 4.74. The molecule has 0 saturated heterocycles. The Kier molecular flexibility index (Phi) is 5.26. The number of halogens is 4. The maximum absolute atomic E-state index is 13.4. The van der Waals surface area contributed by atoms with Crippen molar-refractivity contribution in [3.63, 3.8) is 0 Å². The van der Waals surface area contributed by atoms with Gasteiger partial charge in [0.25, 0.3) is 0 Å². The van der Waals surface area contributed by atoms with Crippen LogP contribution in [0.1, 0.15) is 5.56 Å². The summed E-state index contributed by atoms with van der Waals surface area (Å²) in [7, 11) is 1.55. The van der Waals surface area contributed by atoms with Crippen LogP contribution in [-0.4, -0.2) is 16.7 Å². The highest BCUT2D eigenvalue weighted by molar-refractivity contribution is 6.32. The molecule has 4 rings (SSSR count). The first-order chi connectivity index (χ1) is 14.4. The zero-order chi connectivity index (χ0) is 21.3. The second-order valence-corrected chi connectivity index (χ2v) is 6.97. The van der Waals surface area contributed by atoms with Gasteiger partial charge in [-0.2, -0.15) is 13.2 Å². The normalized spacial score (nSPS) is 11.5. The monoisotopic (exact) mass is 428 g/mol. The highest BCUT2D eigenvalue weighted by Crippen LogP contribution is 2.37. The van der Waals surface area contributed by atoms with Crippen molar-refractivity contribution in [1.29, 1.82) is 0 Å². The minimum absolute atomic E-state index is 0.0287. The van der Waals surface area contributed by atoms with Crippen LogP contribution in [0.4, 0.5) is 13.2 Å². The van der Waals surface area contributed by atoms with E-state index >= 15 is 0 Å². The molecule has 7 heteroatoms. The molecule has 0 aliphatic carbocycles. The van der Waals surface area contributed by atoms with Crippen LogP contribution in [0.25, 0.3) is 28.2 Å². The highest BCUT2D eigenvalue weighted by atomic mass is 35.5. The molecule has 0 saturated carbocycles. The fourth-order valence-corrected chi connectivity index (χ4v) is 3.55. The van der Waals surface area contributed by atoms with E-state index in [-0.39, 0.29) is 11.4 Å². The number of benzene rings is 3. The summed E-state index contributed by atoms with van der Waals surface area (Å²) < 4.78 is 47.1. The first kappa shape index (κ1) is 20.0. The largest absolute Gasteiger partial charge is 0.495 e. The van der Waals surface area contributed by atoms with Crippen LogP contribution in [0.2, 0.25) is 5.02 Å². The van der Waals surface area contributed by atoms with Gasteiger partial charge < -0.3 is 4.74 Å². The van der Waals surface area contributed by atoms with Crippen LogP contribution < -0.4 is 4.74 Å². The second kappa shape index (κ2) is 7.88. The minimum atomic E-state index is -4.47. The summed E-state index contributed by atoms with van der Waals surface area (Å²) in [6.45, 7) is 0. The number of imidazole rings is 1. The van der Waals surface area contributed by atoms with E-state index < -0.39 is 11.7 Å². The van der Waals surface area contributed by atoms with E-state index in [9.17, 15) is 13.2 Å². The Morgan fingerprint density at radius 3 is 2.30 bits per heavy atom. The van der Waals surface area contributed by atoms with Crippen molar-refractivity contribution >= 4 is 11.6 Å². The lowest BCUT2D eigenvalue weighted by Gasteiger charge is -2.14. The Hall–Kier alpha value is -3.25. The molecule has 152 valence electrons. The lowest BCUT2D eigenvalue weighted by atomic mass is 10.0. The van der Waals surface area contributed by atoms with Gasteiger partial charge in [0.15, 0.2) is 0 Å². The molecular weight excluding hydrogens is 413 g/mol. The average molecular weight is 429 g/mol. The standard InChI is InChI=1S/C23H16ClF3N2O/c1-30-21-11-8-16(14-20(21)24)15-6-9-17(10-7-15)29-13-12-28-22(29)18-4-2-3-5-19(18)23(25,26)27/h2-14H,1H3. The number of hydrogen-bond donors (Lipinski definition) is 0. The molecular formula is C23H16ClF3N2O. The Balaban J connectivity index is 1.72. The van der Waals surface area contributed by atoms with Crippen LogP contribution >= 0.6 is 11.6 Å².